The summed E-state index contributed by atoms with van der Waals surface area (Å²) in [6.45, 7) is 6.01. The molecule has 0 saturated carbocycles. The average molecular weight is 432 g/mol. The summed E-state index contributed by atoms with van der Waals surface area (Å²) in [5.41, 5.74) is 2.52. The molecule has 0 N–H and O–H groups in total. The molecular formula is C22H26ClN3O2S. The van der Waals surface area contributed by atoms with Crippen molar-refractivity contribution in [2.75, 3.05) is 38.7 Å². The molecule has 0 radical (unpaired) electrons. The average Bonchev–Trinajstić information content (AvgIpc) is 3.09. The molecule has 0 bridgehead atoms. The standard InChI is InChI=1S/C22H26ClN3O2S/c1-5-28-18-9-7-16(8-10-18)21(27)26(12-6-11-25(3)4)22-24-20-15(2)13-17(23)14-19(20)29-22/h7-10,13-14H,5-6,11-12H2,1-4H3. The van der Waals surface area contributed by atoms with Gasteiger partial charge in [-0.2, -0.15) is 0 Å². The van der Waals surface area contributed by atoms with Gasteiger partial charge in [0.1, 0.15) is 5.75 Å². The lowest BCUT2D eigenvalue weighted by atomic mass is 10.2. The number of anilines is 1. The van der Waals surface area contributed by atoms with Crippen LogP contribution in [0.15, 0.2) is 36.4 Å². The van der Waals surface area contributed by atoms with Crippen molar-refractivity contribution >= 4 is 44.2 Å². The van der Waals surface area contributed by atoms with Crippen LogP contribution in [-0.2, 0) is 0 Å². The van der Waals surface area contributed by atoms with Crippen molar-refractivity contribution < 1.29 is 9.53 Å². The molecule has 0 aliphatic carbocycles. The van der Waals surface area contributed by atoms with Crippen molar-refractivity contribution in [3.05, 3.63) is 52.5 Å². The lowest BCUT2D eigenvalue weighted by molar-refractivity contribution is 0.0986. The third-order valence-electron chi connectivity index (χ3n) is 4.51. The normalized spacial score (nSPS) is 11.2. The van der Waals surface area contributed by atoms with Gasteiger partial charge in [0.25, 0.3) is 5.91 Å². The molecule has 0 unspecified atom stereocenters. The molecule has 2 aromatic carbocycles. The van der Waals surface area contributed by atoms with Gasteiger partial charge in [-0.25, -0.2) is 4.98 Å². The van der Waals surface area contributed by atoms with Crippen LogP contribution in [0.25, 0.3) is 10.2 Å². The lowest BCUT2D eigenvalue weighted by Gasteiger charge is -2.21. The number of aryl methyl sites for hydroxylation is 1. The quantitative estimate of drug-likeness (QED) is 0.488. The molecule has 0 spiro atoms. The largest absolute Gasteiger partial charge is 0.494 e. The van der Waals surface area contributed by atoms with Crippen LogP contribution in [-0.4, -0.2) is 49.6 Å². The number of carbonyl (C=O) groups is 1. The maximum Gasteiger partial charge on any atom is 0.260 e. The zero-order valence-corrected chi connectivity index (χ0v) is 18.8. The van der Waals surface area contributed by atoms with Gasteiger partial charge in [-0.05, 0) is 82.9 Å². The molecule has 1 aromatic heterocycles. The van der Waals surface area contributed by atoms with Crippen LogP contribution in [0.1, 0.15) is 29.3 Å². The number of rotatable bonds is 8. The molecule has 0 aliphatic heterocycles. The number of carbonyl (C=O) groups excluding carboxylic acids is 1. The molecular weight excluding hydrogens is 406 g/mol. The first-order chi connectivity index (χ1) is 13.9. The number of fused-ring (bicyclic) bond motifs is 1. The van der Waals surface area contributed by atoms with Gasteiger partial charge in [-0.15, -0.1) is 0 Å². The van der Waals surface area contributed by atoms with Crippen LogP contribution < -0.4 is 9.64 Å². The monoisotopic (exact) mass is 431 g/mol. The number of amides is 1. The maximum absolute atomic E-state index is 13.3. The number of aromatic nitrogens is 1. The Morgan fingerprint density at radius 3 is 2.55 bits per heavy atom. The second-order valence-corrected chi connectivity index (χ2v) is 8.58. The van der Waals surface area contributed by atoms with Crippen LogP contribution in [0.5, 0.6) is 5.75 Å². The molecule has 7 heteroatoms. The first kappa shape index (κ1) is 21.6. The van der Waals surface area contributed by atoms with Gasteiger partial charge in [0.2, 0.25) is 0 Å². The minimum atomic E-state index is -0.0605. The van der Waals surface area contributed by atoms with E-state index in [1.54, 1.807) is 4.90 Å². The van der Waals surface area contributed by atoms with Gasteiger partial charge in [-0.1, -0.05) is 22.9 Å². The molecule has 29 heavy (non-hydrogen) atoms. The Bertz CT molecular complexity index is 986. The first-order valence-corrected chi connectivity index (χ1v) is 10.8. The van der Waals surface area contributed by atoms with Crippen LogP contribution in [0, 0.1) is 6.92 Å². The predicted octanol–water partition coefficient (Wildman–Crippen LogP) is 5.26. The summed E-state index contributed by atoms with van der Waals surface area (Å²) in [4.78, 5) is 22.0. The van der Waals surface area contributed by atoms with Crippen molar-refractivity contribution in [2.45, 2.75) is 20.3 Å². The second-order valence-electron chi connectivity index (χ2n) is 7.14. The van der Waals surface area contributed by atoms with Crippen LogP contribution in [0.3, 0.4) is 0 Å². The van der Waals surface area contributed by atoms with E-state index in [0.29, 0.717) is 28.9 Å². The highest BCUT2D eigenvalue weighted by Gasteiger charge is 2.22. The second kappa shape index (κ2) is 9.57. The first-order valence-electron chi connectivity index (χ1n) is 9.65. The lowest BCUT2D eigenvalue weighted by Crippen LogP contribution is -2.33. The molecule has 0 saturated heterocycles. The fraction of sp³-hybridized carbons (Fsp3) is 0.364. The number of hydrogen-bond donors (Lipinski definition) is 0. The zero-order valence-electron chi connectivity index (χ0n) is 17.2. The van der Waals surface area contributed by atoms with Gasteiger partial charge >= 0.3 is 0 Å². The number of thiazole rings is 1. The molecule has 3 rings (SSSR count). The van der Waals surface area contributed by atoms with E-state index in [4.69, 9.17) is 21.3 Å². The SMILES string of the molecule is CCOc1ccc(C(=O)N(CCCN(C)C)c2nc3c(C)cc(Cl)cc3s2)cc1. The summed E-state index contributed by atoms with van der Waals surface area (Å²) in [7, 11) is 4.06. The minimum Gasteiger partial charge on any atom is -0.494 e. The Hall–Kier alpha value is -2.15. The highest BCUT2D eigenvalue weighted by Crippen LogP contribution is 2.33. The van der Waals surface area contributed by atoms with Crippen LogP contribution in [0.4, 0.5) is 5.13 Å². The van der Waals surface area contributed by atoms with Crippen molar-refractivity contribution in [2.24, 2.45) is 0 Å². The number of ether oxygens (including phenoxy) is 1. The Balaban J connectivity index is 1.93. The number of nitrogens with zero attached hydrogens (tertiary/aromatic N) is 3. The summed E-state index contributed by atoms with van der Waals surface area (Å²) in [5.74, 6) is 0.697. The van der Waals surface area contributed by atoms with E-state index in [-0.39, 0.29) is 5.91 Å². The summed E-state index contributed by atoms with van der Waals surface area (Å²) >= 11 is 7.71. The fourth-order valence-electron chi connectivity index (χ4n) is 3.10. The van der Waals surface area contributed by atoms with Gasteiger partial charge in [-0.3, -0.25) is 9.69 Å². The van der Waals surface area contributed by atoms with Crippen LogP contribution >= 0.6 is 22.9 Å². The molecule has 154 valence electrons. The molecule has 0 fully saturated rings. The Kier molecular flexibility index (Phi) is 7.11. The van der Waals surface area contributed by atoms with Gasteiger partial charge in [0, 0.05) is 17.1 Å². The van der Waals surface area contributed by atoms with Crippen molar-refractivity contribution in [1.29, 1.82) is 0 Å². The molecule has 0 aliphatic rings. The maximum atomic E-state index is 13.3. The Labute approximate surface area is 180 Å². The third-order valence-corrected chi connectivity index (χ3v) is 5.76. The fourth-order valence-corrected chi connectivity index (χ4v) is 4.55. The minimum absolute atomic E-state index is 0.0605. The topological polar surface area (TPSA) is 45.7 Å². The Morgan fingerprint density at radius 2 is 1.90 bits per heavy atom. The summed E-state index contributed by atoms with van der Waals surface area (Å²) in [6, 6.07) is 11.1. The van der Waals surface area contributed by atoms with Crippen molar-refractivity contribution in [3.63, 3.8) is 0 Å². The van der Waals surface area contributed by atoms with E-state index in [0.717, 1.165) is 34.5 Å². The van der Waals surface area contributed by atoms with Crippen molar-refractivity contribution in [3.8, 4) is 5.75 Å². The molecule has 1 amide bonds. The summed E-state index contributed by atoms with van der Waals surface area (Å²) < 4.78 is 6.48. The molecule has 5 nitrogen and oxygen atoms in total. The van der Waals surface area contributed by atoms with E-state index in [1.807, 2.05) is 64.3 Å². The highest BCUT2D eigenvalue weighted by atomic mass is 35.5. The third kappa shape index (κ3) is 5.26. The van der Waals surface area contributed by atoms with E-state index >= 15 is 0 Å². The number of halogens is 1. The van der Waals surface area contributed by atoms with E-state index in [2.05, 4.69) is 4.90 Å². The van der Waals surface area contributed by atoms with Gasteiger partial charge < -0.3 is 9.64 Å². The Morgan fingerprint density at radius 1 is 1.17 bits per heavy atom. The summed E-state index contributed by atoms with van der Waals surface area (Å²) in [5, 5.41) is 1.38. The van der Waals surface area contributed by atoms with E-state index in [1.165, 1.54) is 11.3 Å². The number of benzene rings is 2. The van der Waals surface area contributed by atoms with Gasteiger partial charge in [0.05, 0.1) is 16.8 Å². The van der Waals surface area contributed by atoms with Crippen molar-refractivity contribution in [1.82, 2.24) is 9.88 Å². The smallest absolute Gasteiger partial charge is 0.260 e. The summed E-state index contributed by atoms with van der Waals surface area (Å²) in [6.07, 6.45) is 0.853. The molecule has 0 atom stereocenters. The molecule has 1 heterocycles. The molecule has 3 aromatic rings. The zero-order chi connectivity index (χ0) is 21.0. The number of hydrogen-bond acceptors (Lipinski definition) is 5. The highest BCUT2D eigenvalue weighted by molar-refractivity contribution is 7.22. The van der Waals surface area contributed by atoms with E-state index < -0.39 is 0 Å². The van der Waals surface area contributed by atoms with E-state index in [9.17, 15) is 4.79 Å². The predicted molar refractivity (Wildman–Crippen MR) is 122 cm³/mol. The van der Waals surface area contributed by atoms with Gasteiger partial charge in [0.15, 0.2) is 5.13 Å². The van der Waals surface area contributed by atoms with Crippen LogP contribution in [0.2, 0.25) is 5.02 Å².